The number of nitrogens with zero attached hydrogens (tertiary/aromatic N) is 5. The first kappa shape index (κ1) is 24.1. The van der Waals surface area contributed by atoms with Crippen molar-refractivity contribution in [3.8, 4) is 5.69 Å². The van der Waals surface area contributed by atoms with E-state index >= 15 is 0 Å². The number of rotatable bonds is 4. The molecule has 35 heavy (non-hydrogen) atoms. The van der Waals surface area contributed by atoms with Crippen molar-refractivity contribution < 1.29 is 20.1 Å². The predicted octanol–water partition coefficient (Wildman–Crippen LogP) is 5.96. The van der Waals surface area contributed by atoms with Gasteiger partial charge in [-0.05, 0) is 23.9 Å². The zero-order valence-corrected chi connectivity index (χ0v) is 21.2. The van der Waals surface area contributed by atoms with E-state index in [0.717, 1.165) is 28.5 Å². The molecule has 1 aliphatic heterocycles. The van der Waals surface area contributed by atoms with Gasteiger partial charge in [0.25, 0.3) is 0 Å². The molecule has 2 heterocycles. The summed E-state index contributed by atoms with van der Waals surface area (Å²) in [6.07, 6.45) is 3.65. The molecule has 0 aliphatic carbocycles. The Kier molecular flexibility index (Phi) is 8.23. The molecule has 6 heteroatoms. The Bertz CT molecular complexity index is 1310. The Labute approximate surface area is 219 Å². The van der Waals surface area contributed by atoms with Crippen molar-refractivity contribution in [2.45, 2.75) is 0 Å². The summed E-state index contributed by atoms with van der Waals surface area (Å²) in [5.41, 5.74) is 4.04. The molecule has 0 spiro atoms. The molecule has 1 aromatic heterocycles. The van der Waals surface area contributed by atoms with Crippen LogP contribution < -0.4 is 9.91 Å². The molecule has 0 amide bonds. The number of amidine groups is 1. The van der Waals surface area contributed by atoms with E-state index in [2.05, 4.69) is 46.4 Å². The number of benzene rings is 4. The summed E-state index contributed by atoms with van der Waals surface area (Å²) in [6, 6.07) is 44.2. The predicted molar refractivity (Wildman–Crippen MR) is 136 cm³/mol. The molecule has 5 nitrogen and oxygen atoms in total. The molecule has 172 valence electrons. The quantitative estimate of drug-likeness (QED) is 0.230. The molecule has 4 aromatic carbocycles. The zero-order chi connectivity index (χ0) is 23.0. The van der Waals surface area contributed by atoms with E-state index in [1.165, 1.54) is 0 Å². The fourth-order valence-electron chi connectivity index (χ4n) is 3.48. The number of hydrogen-bond acceptors (Lipinski definition) is 4. The summed E-state index contributed by atoms with van der Waals surface area (Å²) < 4.78 is 1.78. The maximum atomic E-state index is 4.78. The third-order valence-corrected chi connectivity index (χ3v) is 5.11. The molecule has 0 unspecified atom stereocenters. The van der Waals surface area contributed by atoms with Gasteiger partial charge in [0.1, 0.15) is 5.84 Å². The summed E-state index contributed by atoms with van der Waals surface area (Å²) in [5, 5.41) is 10.7. The van der Waals surface area contributed by atoms with Gasteiger partial charge in [0.15, 0.2) is 0 Å². The van der Waals surface area contributed by atoms with Crippen LogP contribution in [0.2, 0.25) is 0 Å². The number of para-hydroxylation sites is 3. The molecule has 5 aromatic rings. The largest absolute Gasteiger partial charge is 3.00 e. The molecule has 0 bridgehead atoms. The Morgan fingerprint density at radius 1 is 0.657 bits per heavy atom. The number of anilines is 2. The van der Waals surface area contributed by atoms with E-state index in [1.807, 2.05) is 109 Å². The first-order chi connectivity index (χ1) is 16.9. The fourth-order valence-corrected chi connectivity index (χ4v) is 3.48. The minimum absolute atomic E-state index is 0. The topological polar surface area (TPSA) is 36.7 Å². The van der Waals surface area contributed by atoms with E-state index in [0.29, 0.717) is 0 Å². The number of hydrogen-bond donors (Lipinski definition) is 0. The maximum absolute atomic E-state index is 4.78. The number of aromatic nitrogens is 2. The first-order valence-electron chi connectivity index (χ1n) is 10.9. The SMILES string of the molecule is [Ir+3].[c-]1ccccc1-n1cccn1.[c-]1ccccc1N1[CH-]N(c2ccccc2)C(c2ccccc2)=N1. The van der Waals surface area contributed by atoms with Gasteiger partial charge in [0.05, 0.1) is 0 Å². The molecule has 0 radical (unpaired) electrons. The minimum atomic E-state index is 0. The average molecular weight is 633 g/mol. The van der Waals surface area contributed by atoms with Gasteiger partial charge in [0.2, 0.25) is 0 Å². The molecule has 0 saturated carbocycles. The van der Waals surface area contributed by atoms with Crippen LogP contribution in [-0.4, -0.2) is 15.6 Å². The zero-order valence-electron chi connectivity index (χ0n) is 18.8. The summed E-state index contributed by atoms with van der Waals surface area (Å²) in [5.74, 6) is 0.897. The second-order valence-corrected chi connectivity index (χ2v) is 7.40. The minimum Gasteiger partial charge on any atom is -0.456 e. The molecule has 0 N–H and O–H groups in total. The monoisotopic (exact) mass is 633 g/mol. The van der Waals surface area contributed by atoms with Gasteiger partial charge < -0.3 is 9.91 Å². The third kappa shape index (κ3) is 5.93. The van der Waals surface area contributed by atoms with Gasteiger partial charge >= 0.3 is 20.1 Å². The Balaban J connectivity index is 0.000000203. The average Bonchev–Trinajstić information content (AvgIpc) is 3.62. The molecule has 0 saturated heterocycles. The van der Waals surface area contributed by atoms with Crippen LogP contribution in [0.3, 0.4) is 0 Å². The van der Waals surface area contributed by atoms with E-state index in [4.69, 9.17) is 5.10 Å². The first-order valence-corrected chi connectivity index (χ1v) is 10.9. The van der Waals surface area contributed by atoms with Crippen molar-refractivity contribution in [2.24, 2.45) is 5.10 Å². The van der Waals surface area contributed by atoms with Crippen molar-refractivity contribution in [2.75, 3.05) is 9.91 Å². The maximum Gasteiger partial charge on any atom is 3.00 e. The van der Waals surface area contributed by atoms with Crippen molar-refractivity contribution in [3.63, 3.8) is 0 Å². The van der Waals surface area contributed by atoms with E-state index in [9.17, 15) is 0 Å². The van der Waals surface area contributed by atoms with Crippen molar-refractivity contribution in [3.05, 3.63) is 152 Å². The van der Waals surface area contributed by atoms with Gasteiger partial charge in [-0.15, -0.1) is 18.8 Å². The summed E-state index contributed by atoms with van der Waals surface area (Å²) in [4.78, 5) is 2.09. The van der Waals surface area contributed by atoms with E-state index < -0.39 is 0 Å². The van der Waals surface area contributed by atoms with Gasteiger partial charge in [0, 0.05) is 23.6 Å². The second kappa shape index (κ2) is 11.9. The molecule has 1 aliphatic rings. The van der Waals surface area contributed by atoms with Crippen molar-refractivity contribution in [1.29, 1.82) is 0 Å². The van der Waals surface area contributed by atoms with E-state index in [-0.39, 0.29) is 20.1 Å². The third-order valence-electron chi connectivity index (χ3n) is 5.11. The van der Waals surface area contributed by atoms with Crippen LogP contribution in [0.4, 0.5) is 11.4 Å². The van der Waals surface area contributed by atoms with Crippen LogP contribution in [0.25, 0.3) is 5.69 Å². The Hall–Kier alpha value is -3.99. The standard InChI is InChI=1S/C20H15N3.C9H7N2.Ir/c1-4-10-17(11-5-1)20-21-23(19-14-8-3-9-15-19)16-22(20)18-12-6-2-7-13-18;1-2-5-9(6-3-1)11-8-4-7-10-11;/h1-14,16H;1-5,7-8H;/q-2;-1;+3. The van der Waals surface area contributed by atoms with Gasteiger partial charge in [-0.2, -0.15) is 58.7 Å². The van der Waals surface area contributed by atoms with Crippen LogP contribution in [0.5, 0.6) is 0 Å². The van der Waals surface area contributed by atoms with Gasteiger partial charge in [-0.3, -0.25) is 4.68 Å². The van der Waals surface area contributed by atoms with Crippen molar-refractivity contribution >= 4 is 17.2 Å². The van der Waals surface area contributed by atoms with E-state index in [1.54, 1.807) is 10.9 Å². The normalized spacial score (nSPS) is 12.3. The van der Waals surface area contributed by atoms with Crippen LogP contribution in [-0.2, 0) is 20.1 Å². The summed E-state index contributed by atoms with van der Waals surface area (Å²) in [7, 11) is 0. The summed E-state index contributed by atoms with van der Waals surface area (Å²) >= 11 is 0. The van der Waals surface area contributed by atoms with Crippen LogP contribution in [0.15, 0.2) is 133 Å². The smallest absolute Gasteiger partial charge is 0.456 e. The molecule has 0 atom stereocenters. The van der Waals surface area contributed by atoms with Crippen LogP contribution in [0, 0.1) is 18.8 Å². The molecular weight excluding hydrogens is 611 g/mol. The van der Waals surface area contributed by atoms with Gasteiger partial charge in [-0.25, -0.2) is 0 Å². The molecular formula is C29H22IrN5. The molecule has 6 rings (SSSR count). The number of hydrazone groups is 1. The fraction of sp³-hybridized carbons (Fsp3) is 0. The second-order valence-electron chi connectivity index (χ2n) is 7.40. The van der Waals surface area contributed by atoms with Gasteiger partial charge in [-0.1, -0.05) is 54.2 Å². The van der Waals surface area contributed by atoms with Crippen LogP contribution in [0.1, 0.15) is 5.56 Å². The Morgan fingerprint density at radius 2 is 1.29 bits per heavy atom. The van der Waals surface area contributed by atoms with Crippen molar-refractivity contribution in [1.82, 2.24) is 9.78 Å². The van der Waals surface area contributed by atoms with Crippen LogP contribution >= 0.6 is 0 Å². The molecule has 0 fully saturated rings. The summed E-state index contributed by atoms with van der Waals surface area (Å²) in [6.45, 7) is 1.99. The Morgan fingerprint density at radius 3 is 1.89 bits per heavy atom.